The Labute approximate surface area is 124 Å². The van der Waals surface area contributed by atoms with Gasteiger partial charge in [0.1, 0.15) is 11.6 Å². The third-order valence-corrected chi connectivity index (χ3v) is 4.31. The second-order valence-corrected chi connectivity index (χ2v) is 6.41. The molecule has 1 unspecified atom stereocenters. The Balaban J connectivity index is 1.81. The van der Waals surface area contributed by atoms with Gasteiger partial charge in [-0.15, -0.1) is 0 Å². The Morgan fingerprint density at radius 2 is 1.90 bits per heavy atom. The van der Waals surface area contributed by atoms with Crippen LogP contribution in [0.5, 0.6) is 0 Å². The monoisotopic (exact) mass is 287 g/mol. The van der Waals surface area contributed by atoms with Gasteiger partial charge >= 0.3 is 0 Å². The highest BCUT2D eigenvalue weighted by Gasteiger charge is 2.38. The number of nitrogens with one attached hydrogen (secondary N) is 1. The zero-order valence-electron chi connectivity index (χ0n) is 12.3. The van der Waals surface area contributed by atoms with Crippen LogP contribution in [0.2, 0.25) is 0 Å². The summed E-state index contributed by atoms with van der Waals surface area (Å²) >= 11 is 0. The largest absolute Gasteiger partial charge is 0.305 e. The van der Waals surface area contributed by atoms with Gasteiger partial charge in [0.15, 0.2) is 0 Å². The average molecular weight is 287 g/mol. The van der Waals surface area contributed by atoms with Gasteiger partial charge in [0, 0.05) is 24.2 Å². The molecule has 0 aliphatic heterocycles. The summed E-state index contributed by atoms with van der Waals surface area (Å²) in [6.07, 6.45) is 1.01. The van der Waals surface area contributed by atoms with E-state index in [-0.39, 0.29) is 11.5 Å². The lowest BCUT2D eigenvalue weighted by molar-refractivity contribution is 0.267. The molecule has 110 valence electrons. The lowest BCUT2D eigenvalue weighted by atomic mass is 9.85. The molecule has 1 aliphatic rings. The molecule has 2 aromatic carbocycles. The zero-order chi connectivity index (χ0) is 15.0. The molecular weight excluding hydrogens is 268 g/mol. The van der Waals surface area contributed by atoms with Gasteiger partial charge in [-0.1, -0.05) is 44.2 Å². The molecule has 0 spiro atoms. The number of hydrogen-bond acceptors (Lipinski definition) is 1. The van der Waals surface area contributed by atoms with Crippen LogP contribution in [0.4, 0.5) is 8.78 Å². The third-order valence-electron chi connectivity index (χ3n) is 4.31. The standard InChI is InChI=1S/C18H19F2N/c1-18(2)10-12-5-3-4-6-15(12)17(18)21-11-13-7-8-14(19)9-16(13)20/h3-9,17,21H,10-11H2,1-2H3. The van der Waals surface area contributed by atoms with E-state index in [1.54, 1.807) is 0 Å². The van der Waals surface area contributed by atoms with Gasteiger partial charge in [0.25, 0.3) is 0 Å². The summed E-state index contributed by atoms with van der Waals surface area (Å²) in [4.78, 5) is 0. The number of hydrogen-bond donors (Lipinski definition) is 1. The fourth-order valence-electron chi connectivity index (χ4n) is 3.25. The molecule has 1 N–H and O–H groups in total. The van der Waals surface area contributed by atoms with Crippen LogP contribution in [0.3, 0.4) is 0 Å². The zero-order valence-corrected chi connectivity index (χ0v) is 12.3. The lowest BCUT2D eigenvalue weighted by Crippen LogP contribution is -2.31. The summed E-state index contributed by atoms with van der Waals surface area (Å²) in [7, 11) is 0. The minimum Gasteiger partial charge on any atom is -0.305 e. The molecule has 1 nitrogen and oxygen atoms in total. The van der Waals surface area contributed by atoms with Gasteiger partial charge in [-0.05, 0) is 29.0 Å². The summed E-state index contributed by atoms with van der Waals surface area (Å²) < 4.78 is 26.7. The van der Waals surface area contributed by atoms with Crippen molar-refractivity contribution >= 4 is 0 Å². The van der Waals surface area contributed by atoms with Crippen molar-refractivity contribution in [1.29, 1.82) is 0 Å². The van der Waals surface area contributed by atoms with E-state index in [1.807, 2.05) is 6.07 Å². The van der Waals surface area contributed by atoms with E-state index >= 15 is 0 Å². The Bertz CT molecular complexity index is 664. The smallest absolute Gasteiger partial charge is 0.130 e. The second kappa shape index (κ2) is 5.23. The summed E-state index contributed by atoms with van der Waals surface area (Å²) in [5.41, 5.74) is 3.21. The Hall–Kier alpha value is -1.74. The summed E-state index contributed by atoms with van der Waals surface area (Å²) in [6.45, 7) is 4.83. The van der Waals surface area contributed by atoms with E-state index in [2.05, 4.69) is 37.4 Å². The van der Waals surface area contributed by atoms with Crippen LogP contribution in [0.1, 0.15) is 36.6 Å². The summed E-state index contributed by atoms with van der Waals surface area (Å²) in [6, 6.07) is 12.3. The van der Waals surface area contributed by atoms with Gasteiger partial charge in [-0.2, -0.15) is 0 Å². The maximum absolute atomic E-state index is 13.7. The molecule has 0 bridgehead atoms. The first-order chi connectivity index (χ1) is 9.97. The van der Waals surface area contributed by atoms with Crippen molar-refractivity contribution in [3.63, 3.8) is 0 Å². The second-order valence-electron chi connectivity index (χ2n) is 6.41. The normalized spacial score (nSPS) is 19.5. The maximum atomic E-state index is 13.7. The van der Waals surface area contributed by atoms with Gasteiger partial charge in [-0.25, -0.2) is 8.78 Å². The van der Waals surface area contributed by atoms with Crippen LogP contribution >= 0.6 is 0 Å². The number of halogens is 2. The molecule has 2 aromatic rings. The van der Waals surface area contributed by atoms with E-state index in [0.717, 1.165) is 12.5 Å². The summed E-state index contributed by atoms with van der Waals surface area (Å²) in [5.74, 6) is -1.03. The Kier molecular flexibility index (Phi) is 3.54. The molecule has 3 rings (SSSR count). The molecule has 0 aromatic heterocycles. The first-order valence-electron chi connectivity index (χ1n) is 7.22. The van der Waals surface area contributed by atoms with Gasteiger partial charge in [-0.3, -0.25) is 0 Å². The highest BCUT2D eigenvalue weighted by molar-refractivity contribution is 5.37. The fraction of sp³-hybridized carbons (Fsp3) is 0.333. The molecule has 0 radical (unpaired) electrons. The van der Waals surface area contributed by atoms with Crippen LogP contribution in [0.25, 0.3) is 0 Å². The quantitative estimate of drug-likeness (QED) is 0.883. The third kappa shape index (κ3) is 2.70. The molecule has 0 saturated heterocycles. The molecule has 3 heteroatoms. The minimum atomic E-state index is -0.539. The van der Waals surface area contributed by atoms with Crippen molar-refractivity contribution in [2.45, 2.75) is 32.9 Å². The van der Waals surface area contributed by atoms with Gasteiger partial charge in [0.05, 0.1) is 0 Å². The average Bonchev–Trinajstić information content (AvgIpc) is 2.68. The fourth-order valence-corrected chi connectivity index (χ4v) is 3.25. The van der Waals surface area contributed by atoms with Crippen molar-refractivity contribution < 1.29 is 8.78 Å². The Morgan fingerprint density at radius 1 is 1.14 bits per heavy atom. The van der Waals surface area contributed by atoms with Crippen molar-refractivity contribution in [3.8, 4) is 0 Å². The van der Waals surface area contributed by atoms with Crippen molar-refractivity contribution in [2.24, 2.45) is 5.41 Å². The molecular formula is C18H19F2N. The van der Waals surface area contributed by atoms with Crippen LogP contribution in [-0.2, 0) is 13.0 Å². The molecule has 21 heavy (non-hydrogen) atoms. The van der Waals surface area contributed by atoms with Crippen molar-refractivity contribution in [2.75, 3.05) is 0 Å². The first kappa shape index (κ1) is 14.2. The molecule has 0 fully saturated rings. The number of fused-ring (bicyclic) bond motifs is 1. The molecule has 0 saturated carbocycles. The minimum absolute atomic E-state index is 0.0835. The van der Waals surface area contributed by atoms with Crippen LogP contribution in [0, 0.1) is 17.0 Å². The van der Waals surface area contributed by atoms with E-state index < -0.39 is 11.6 Å². The number of rotatable bonds is 3. The Morgan fingerprint density at radius 3 is 2.67 bits per heavy atom. The van der Waals surface area contributed by atoms with E-state index in [0.29, 0.717) is 12.1 Å². The first-order valence-corrected chi connectivity index (χ1v) is 7.22. The SMILES string of the molecule is CC1(C)Cc2ccccc2C1NCc1ccc(F)cc1F. The predicted molar refractivity (Wildman–Crippen MR) is 79.9 cm³/mol. The topological polar surface area (TPSA) is 12.0 Å². The van der Waals surface area contributed by atoms with E-state index in [9.17, 15) is 8.78 Å². The van der Waals surface area contributed by atoms with Crippen LogP contribution < -0.4 is 5.32 Å². The molecule has 0 heterocycles. The van der Waals surface area contributed by atoms with Crippen LogP contribution in [0.15, 0.2) is 42.5 Å². The van der Waals surface area contributed by atoms with E-state index in [4.69, 9.17) is 0 Å². The highest BCUT2D eigenvalue weighted by Crippen LogP contribution is 2.45. The maximum Gasteiger partial charge on any atom is 0.130 e. The summed E-state index contributed by atoms with van der Waals surface area (Å²) in [5, 5.41) is 3.44. The molecule has 1 aliphatic carbocycles. The van der Waals surface area contributed by atoms with Crippen molar-refractivity contribution in [1.82, 2.24) is 5.32 Å². The molecule has 1 atom stereocenters. The molecule has 0 amide bonds. The van der Waals surface area contributed by atoms with Crippen LogP contribution in [-0.4, -0.2) is 0 Å². The van der Waals surface area contributed by atoms with Gasteiger partial charge < -0.3 is 5.32 Å². The number of benzene rings is 2. The highest BCUT2D eigenvalue weighted by atomic mass is 19.1. The van der Waals surface area contributed by atoms with Crippen molar-refractivity contribution in [3.05, 3.63) is 70.8 Å². The van der Waals surface area contributed by atoms with Gasteiger partial charge in [0.2, 0.25) is 0 Å². The predicted octanol–water partition coefficient (Wildman–Crippen LogP) is 4.38. The lowest BCUT2D eigenvalue weighted by Gasteiger charge is -2.29. The van der Waals surface area contributed by atoms with E-state index in [1.165, 1.54) is 23.3 Å².